The Morgan fingerprint density at radius 2 is 0.781 bits per heavy atom. The summed E-state index contributed by atoms with van der Waals surface area (Å²) in [6.07, 6.45) is 71.1. The topological polar surface area (TPSA) is 105 Å². The van der Waals surface area contributed by atoms with E-state index in [-0.39, 0.29) is 19.1 Å². The third-order valence-corrected chi connectivity index (χ3v) is 15.9. The molecule has 0 saturated heterocycles. The molecule has 0 aliphatic carbocycles. The first-order valence-electron chi connectivity index (χ1n) is 32.2. The molecule has 0 aromatic rings. The fraction of sp³-hybridized carbons (Fsp3) is 0.922. The van der Waals surface area contributed by atoms with Gasteiger partial charge in [0, 0.05) is 6.42 Å². The van der Waals surface area contributed by atoms with Gasteiger partial charge in [0.25, 0.3) is 0 Å². The number of carbonyl (C=O) groups is 1. The molecule has 0 radical (unpaired) electrons. The maximum Gasteiger partial charge on any atom is 0.472 e. The van der Waals surface area contributed by atoms with Crippen LogP contribution in [0.15, 0.2) is 24.3 Å². The highest BCUT2D eigenvalue weighted by Crippen LogP contribution is 2.43. The van der Waals surface area contributed by atoms with Gasteiger partial charge in [-0.3, -0.25) is 13.8 Å². The number of hydrogen-bond donors (Lipinski definition) is 3. The average molecular weight is 1050 g/mol. The highest BCUT2D eigenvalue weighted by Gasteiger charge is 2.28. The highest BCUT2D eigenvalue weighted by molar-refractivity contribution is 7.47. The van der Waals surface area contributed by atoms with Crippen LogP contribution in [-0.4, -0.2) is 73.4 Å². The van der Waals surface area contributed by atoms with Crippen molar-refractivity contribution in [3.05, 3.63) is 24.3 Å². The van der Waals surface area contributed by atoms with E-state index in [1.54, 1.807) is 0 Å². The lowest BCUT2D eigenvalue weighted by molar-refractivity contribution is -0.870. The van der Waals surface area contributed by atoms with Crippen molar-refractivity contribution in [3.63, 3.8) is 0 Å². The van der Waals surface area contributed by atoms with Crippen molar-refractivity contribution in [2.24, 2.45) is 0 Å². The Hall–Kier alpha value is -1.02. The summed E-state index contributed by atoms with van der Waals surface area (Å²) >= 11 is 0. The number of rotatable bonds is 60. The summed E-state index contributed by atoms with van der Waals surface area (Å²) in [6.45, 7) is 4.94. The Kier molecular flexibility index (Phi) is 54.9. The van der Waals surface area contributed by atoms with Gasteiger partial charge in [0.1, 0.15) is 13.2 Å². The van der Waals surface area contributed by atoms with Crippen molar-refractivity contribution in [2.75, 3.05) is 40.9 Å². The standard InChI is InChI=1S/C64H127N2O6P/c1-6-8-10-12-14-16-18-20-22-24-26-28-30-31-32-33-34-35-36-38-40-42-44-46-48-50-52-54-56-58-64(68)65-62(61-72-73(69,70)71-60-59-66(3,4)5)63(67)57-55-53-51-49-47-45-43-41-39-37-29-27-25-23-21-19-17-15-13-11-9-7-2/h26,28,31-32,62-63,67H,6-25,27,29-30,33-61H2,1-5H3,(H-,65,68,69,70)/p+1/b28-26-,32-31-. The van der Waals surface area contributed by atoms with Gasteiger partial charge in [-0.1, -0.05) is 301 Å². The van der Waals surface area contributed by atoms with Gasteiger partial charge in [-0.2, -0.15) is 0 Å². The largest absolute Gasteiger partial charge is 0.472 e. The van der Waals surface area contributed by atoms with E-state index in [1.807, 2.05) is 21.1 Å². The molecule has 3 atom stereocenters. The van der Waals surface area contributed by atoms with Gasteiger partial charge in [-0.05, 0) is 44.9 Å². The molecule has 73 heavy (non-hydrogen) atoms. The highest BCUT2D eigenvalue weighted by atomic mass is 31.2. The Morgan fingerprint density at radius 1 is 0.466 bits per heavy atom. The van der Waals surface area contributed by atoms with Crippen molar-refractivity contribution in [1.82, 2.24) is 5.32 Å². The van der Waals surface area contributed by atoms with E-state index in [1.165, 1.54) is 257 Å². The maximum atomic E-state index is 13.0. The van der Waals surface area contributed by atoms with Gasteiger partial charge < -0.3 is 19.8 Å². The zero-order valence-electron chi connectivity index (χ0n) is 49.7. The molecule has 434 valence electrons. The molecule has 1 amide bonds. The van der Waals surface area contributed by atoms with Crippen molar-refractivity contribution >= 4 is 13.7 Å². The number of aliphatic hydroxyl groups excluding tert-OH is 1. The number of quaternary nitrogens is 1. The predicted octanol–water partition coefficient (Wildman–Crippen LogP) is 19.9. The summed E-state index contributed by atoms with van der Waals surface area (Å²) in [5, 5.41) is 14.1. The summed E-state index contributed by atoms with van der Waals surface area (Å²) in [5.41, 5.74) is 0. The normalized spacial score (nSPS) is 13.9. The molecule has 0 fully saturated rings. The second kappa shape index (κ2) is 55.7. The number of allylic oxidation sites excluding steroid dienone is 4. The van der Waals surface area contributed by atoms with E-state index in [2.05, 4.69) is 43.5 Å². The molecule has 0 heterocycles. The molecule has 3 unspecified atom stereocenters. The van der Waals surface area contributed by atoms with E-state index in [0.717, 1.165) is 44.9 Å². The third-order valence-electron chi connectivity index (χ3n) is 15.0. The Bertz CT molecular complexity index is 1240. The minimum atomic E-state index is -4.33. The first-order chi connectivity index (χ1) is 35.5. The monoisotopic (exact) mass is 1050 g/mol. The maximum absolute atomic E-state index is 13.0. The predicted molar refractivity (Wildman–Crippen MR) is 318 cm³/mol. The second-order valence-corrected chi connectivity index (χ2v) is 25.0. The number of unbranched alkanes of at least 4 members (excludes halogenated alkanes) is 43. The number of likely N-dealkylation sites (N-methyl/N-ethyl adjacent to an activating group) is 1. The van der Waals surface area contributed by atoms with Crippen LogP contribution in [0.25, 0.3) is 0 Å². The number of phosphoric ester groups is 1. The van der Waals surface area contributed by atoms with Gasteiger partial charge >= 0.3 is 7.82 Å². The molecular weight excluding hydrogens is 924 g/mol. The van der Waals surface area contributed by atoms with Gasteiger partial charge in [-0.25, -0.2) is 4.57 Å². The number of amides is 1. The molecule has 8 nitrogen and oxygen atoms in total. The molecule has 0 spiro atoms. The molecule has 0 saturated carbocycles. The number of nitrogens with zero attached hydrogens (tertiary/aromatic N) is 1. The fourth-order valence-electron chi connectivity index (χ4n) is 9.90. The van der Waals surface area contributed by atoms with Gasteiger partial charge in [0.15, 0.2) is 0 Å². The second-order valence-electron chi connectivity index (χ2n) is 23.5. The Labute approximate surface area is 455 Å². The summed E-state index contributed by atoms with van der Waals surface area (Å²) in [4.78, 5) is 23.4. The first-order valence-corrected chi connectivity index (χ1v) is 33.7. The van der Waals surface area contributed by atoms with E-state index in [9.17, 15) is 19.4 Å². The van der Waals surface area contributed by atoms with Crippen LogP contribution in [0.5, 0.6) is 0 Å². The van der Waals surface area contributed by atoms with Crippen molar-refractivity contribution < 1.29 is 32.9 Å². The van der Waals surface area contributed by atoms with E-state index < -0.39 is 20.0 Å². The number of aliphatic hydroxyl groups is 1. The van der Waals surface area contributed by atoms with Crippen LogP contribution in [0.2, 0.25) is 0 Å². The smallest absolute Gasteiger partial charge is 0.391 e. The van der Waals surface area contributed by atoms with Crippen molar-refractivity contribution in [2.45, 2.75) is 341 Å². The molecule has 0 aromatic carbocycles. The average Bonchev–Trinajstić information content (AvgIpc) is 3.35. The van der Waals surface area contributed by atoms with Crippen LogP contribution in [0.3, 0.4) is 0 Å². The summed E-state index contributed by atoms with van der Waals surface area (Å²) in [7, 11) is 1.63. The summed E-state index contributed by atoms with van der Waals surface area (Å²) in [5.74, 6) is -0.139. The number of nitrogens with one attached hydrogen (secondary N) is 1. The first kappa shape index (κ1) is 72.0. The molecule has 0 aromatic heterocycles. The van der Waals surface area contributed by atoms with E-state index in [4.69, 9.17) is 9.05 Å². The van der Waals surface area contributed by atoms with Gasteiger partial charge in [-0.15, -0.1) is 0 Å². The van der Waals surface area contributed by atoms with Gasteiger partial charge in [0.2, 0.25) is 5.91 Å². The Balaban J connectivity index is 4.07. The lowest BCUT2D eigenvalue weighted by atomic mass is 10.0. The number of hydrogen-bond acceptors (Lipinski definition) is 5. The Morgan fingerprint density at radius 3 is 1.12 bits per heavy atom. The van der Waals surface area contributed by atoms with Crippen molar-refractivity contribution in [1.29, 1.82) is 0 Å². The van der Waals surface area contributed by atoms with Crippen LogP contribution in [0.4, 0.5) is 0 Å². The summed E-state index contributed by atoms with van der Waals surface area (Å²) in [6, 6.07) is -0.761. The number of carbonyl (C=O) groups excluding carboxylic acids is 1. The molecular formula is C64H128N2O6P+. The molecule has 0 bridgehead atoms. The van der Waals surface area contributed by atoms with E-state index in [0.29, 0.717) is 23.9 Å². The van der Waals surface area contributed by atoms with Crippen molar-refractivity contribution in [3.8, 4) is 0 Å². The molecule has 0 aliphatic rings. The summed E-state index contributed by atoms with van der Waals surface area (Å²) < 4.78 is 23.8. The molecule has 3 N–H and O–H groups in total. The quantitative estimate of drug-likeness (QED) is 0.0243. The lowest BCUT2D eigenvalue weighted by Gasteiger charge is -2.26. The SMILES string of the molecule is CCCCCCCCCCC/C=C\C/C=C\CCCCCCCCCCCCCCCC(=O)NC(COP(=O)(O)OCC[N+](C)(C)C)C(O)CCCCCCCCCCCCCCCCCCCCCCCC. The zero-order valence-corrected chi connectivity index (χ0v) is 50.5. The minimum Gasteiger partial charge on any atom is -0.391 e. The lowest BCUT2D eigenvalue weighted by Crippen LogP contribution is -2.46. The van der Waals surface area contributed by atoms with Crippen LogP contribution in [0.1, 0.15) is 328 Å². The van der Waals surface area contributed by atoms with Crippen LogP contribution in [0, 0.1) is 0 Å². The van der Waals surface area contributed by atoms with E-state index >= 15 is 0 Å². The van der Waals surface area contributed by atoms with Crippen LogP contribution >= 0.6 is 7.82 Å². The minimum absolute atomic E-state index is 0.0764. The molecule has 9 heteroatoms. The fourth-order valence-corrected chi connectivity index (χ4v) is 10.6. The van der Waals surface area contributed by atoms with Gasteiger partial charge in [0.05, 0.1) is 39.9 Å². The van der Waals surface area contributed by atoms with Crippen LogP contribution < -0.4 is 5.32 Å². The number of phosphoric acid groups is 1. The third kappa shape index (κ3) is 58.5. The molecule has 0 rings (SSSR count). The zero-order chi connectivity index (χ0) is 53.5. The van der Waals surface area contributed by atoms with Crippen LogP contribution in [-0.2, 0) is 18.4 Å². The molecule has 0 aliphatic heterocycles.